The van der Waals surface area contributed by atoms with Crippen LogP contribution in [0.25, 0.3) is 0 Å². The standard InChI is InChI=1S/C30H34Cl3N3O4S/c1-6-27(29(38)34-30(3,4)5)35(18-21-9-7-8-10-24(21)31)28(37)19-36(22-13-16-25(32)26(33)17-22)41(39,40)23-14-11-20(2)12-15-23/h7-17,27H,6,18-19H2,1-5H3,(H,34,38). The van der Waals surface area contributed by atoms with E-state index in [1.807, 2.05) is 27.7 Å². The molecular formula is C30H34Cl3N3O4S. The molecule has 3 aromatic carbocycles. The summed E-state index contributed by atoms with van der Waals surface area (Å²) in [6.07, 6.45) is 0.287. The van der Waals surface area contributed by atoms with Gasteiger partial charge in [-0.2, -0.15) is 0 Å². The summed E-state index contributed by atoms with van der Waals surface area (Å²) in [7, 11) is -4.23. The highest BCUT2D eigenvalue weighted by Gasteiger charge is 2.35. The van der Waals surface area contributed by atoms with Crippen molar-refractivity contribution in [1.82, 2.24) is 10.2 Å². The van der Waals surface area contributed by atoms with Crippen LogP contribution in [0.1, 0.15) is 45.2 Å². The van der Waals surface area contributed by atoms with Crippen LogP contribution in [-0.2, 0) is 26.2 Å². The number of nitrogens with zero attached hydrogens (tertiary/aromatic N) is 2. The van der Waals surface area contributed by atoms with Crippen LogP contribution in [0, 0.1) is 6.92 Å². The van der Waals surface area contributed by atoms with Gasteiger partial charge in [0.1, 0.15) is 12.6 Å². The average molecular weight is 639 g/mol. The number of benzene rings is 3. The van der Waals surface area contributed by atoms with Gasteiger partial charge in [0, 0.05) is 17.1 Å². The largest absolute Gasteiger partial charge is 0.350 e. The van der Waals surface area contributed by atoms with Crippen LogP contribution in [0.15, 0.2) is 71.6 Å². The Morgan fingerprint density at radius 3 is 2.10 bits per heavy atom. The van der Waals surface area contributed by atoms with Gasteiger partial charge >= 0.3 is 0 Å². The van der Waals surface area contributed by atoms with Gasteiger partial charge in [0.25, 0.3) is 10.0 Å². The zero-order valence-corrected chi connectivity index (χ0v) is 26.7. The van der Waals surface area contributed by atoms with Crippen LogP contribution >= 0.6 is 34.8 Å². The molecule has 3 aromatic rings. The van der Waals surface area contributed by atoms with E-state index in [0.717, 1.165) is 9.87 Å². The van der Waals surface area contributed by atoms with Crippen molar-refractivity contribution in [3.05, 3.63) is 92.9 Å². The molecule has 3 rings (SSSR count). The summed E-state index contributed by atoms with van der Waals surface area (Å²) in [6, 6.07) is 16.8. The van der Waals surface area contributed by atoms with E-state index >= 15 is 0 Å². The third kappa shape index (κ3) is 8.38. The van der Waals surface area contributed by atoms with Crippen LogP contribution in [-0.4, -0.2) is 43.3 Å². The normalized spacial score (nSPS) is 12.5. The van der Waals surface area contributed by atoms with E-state index in [-0.39, 0.29) is 39.5 Å². The summed E-state index contributed by atoms with van der Waals surface area (Å²) in [6.45, 7) is 8.57. The molecule has 0 saturated carbocycles. The summed E-state index contributed by atoms with van der Waals surface area (Å²) >= 11 is 18.8. The third-order valence-corrected chi connectivity index (χ3v) is 9.16. The summed E-state index contributed by atoms with van der Waals surface area (Å²) in [5, 5.41) is 3.72. The zero-order valence-electron chi connectivity index (χ0n) is 23.6. The van der Waals surface area contributed by atoms with Gasteiger partial charge in [-0.3, -0.25) is 13.9 Å². The van der Waals surface area contributed by atoms with E-state index in [4.69, 9.17) is 34.8 Å². The monoisotopic (exact) mass is 637 g/mol. The number of sulfonamides is 1. The number of aryl methyl sites for hydroxylation is 1. The second-order valence-electron chi connectivity index (χ2n) is 10.7. The molecule has 0 aliphatic heterocycles. The maximum atomic E-state index is 14.1. The Morgan fingerprint density at radius 1 is 0.902 bits per heavy atom. The number of carbonyl (C=O) groups is 2. The Balaban J connectivity index is 2.11. The number of amides is 2. The molecule has 0 fully saturated rings. The Kier molecular flexibility index (Phi) is 10.7. The lowest BCUT2D eigenvalue weighted by Crippen LogP contribution is -2.55. The molecule has 41 heavy (non-hydrogen) atoms. The smallest absolute Gasteiger partial charge is 0.264 e. The Bertz CT molecular complexity index is 1510. The van der Waals surface area contributed by atoms with Crippen molar-refractivity contribution in [3.8, 4) is 0 Å². The maximum Gasteiger partial charge on any atom is 0.264 e. The fourth-order valence-corrected chi connectivity index (χ4v) is 6.08. The Hall–Kier alpha value is -2.78. The minimum atomic E-state index is -4.23. The van der Waals surface area contributed by atoms with Crippen LogP contribution < -0.4 is 9.62 Å². The van der Waals surface area contributed by atoms with Gasteiger partial charge < -0.3 is 10.2 Å². The van der Waals surface area contributed by atoms with E-state index in [2.05, 4.69) is 5.32 Å². The summed E-state index contributed by atoms with van der Waals surface area (Å²) in [5.74, 6) is -0.953. The molecule has 7 nitrogen and oxygen atoms in total. The number of hydrogen-bond acceptors (Lipinski definition) is 4. The second-order valence-corrected chi connectivity index (χ2v) is 13.8. The lowest BCUT2D eigenvalue weighted by molar-refractivity contribution is -0.141. The molecule has 0 radical (unpaired) electrons. The molecule has 220 valence electrons. The first kappa shape index (κ1) is 32.7. The van der Waals surface area contributed by atoms with Crippen LogP contribution in [0.3, 0.4) is 0 Å². The predicted octanol–water partition coefficient (Wildman–Crippen LogP) is 6.87. The molecule has 1 atom stereocenters. The quantitative estimate of drug-likeness (QED) is 0.263. The molecular weight excluding hydrogens is 605 g/mol. The molecule has 2 amide bonds. The average Bonchev–Trinajstić information content (AvgIpc) is 2.89. The van der Waals surface area contributed by atoms with Crippen LogP contribution in [0.5, 0.6) is 0 Å². The van der Waals surface area contributed by atoms with E-state index in [1.165, 1.54) is 35.2 Å². The molecule has 0 aromatic heterocycles. The van der Waals surface area contributed by atoms with Gasteiger partial charge in [-0.05, 0) is 76.1 Å². The first-order chi connectivity index (χ1) is 19.1. The van der Waals surface area contributed by atoms with Crippen molar-refractivity contribution < 1.29 is 18.0 Å². The highest BCUT2D eigenvalue weighted by Crippen LogP contribution is 2.31. The minimum Gasteiger partial charge on any atom is -0.350 e. The topological polar surface area (TPSA) is 86.8 Å². The molecule has 0 saturated heterocycles. The number of anilines is 1. The van der Waals surface area contributed by atoms with Crippen molar-refractivity contribution >= 4 is 62.3 Å². The van der Waals surface area contributed by atoms with E-state index in [1.54, 1.807) is 43.3 Å². The van der Waals surface area contributed by atoms with Gasteiger partial charge in [0.15, 0.2) is 0 Å². The summed E-state index contributed by atoms with van der Waals surface area (Å²) in [5.41, 5.74) is 1.10. The molecule has 1 unspecified atom stereocenters. The number of carbonyl (C=O) groups excluding carboxylic acids is 2. The molecule has 0 aliphatic carbocycles. The molecule has 0 bridgehead atoms. The first-order valence-corrected chi connectivity index (χ1v) is 15.6. The number of hydrogen-bond donors (Lipinski definition) is 1. The molecule has 1 N–H and O–H groups in total. The number of halogens is 3. The van der Waals surface area contributed by atoms with Gasteiger partial charge in [0.2, 0.25) is 11.8 Å². The molecule has 0 spiro atoms. The molecule has 0 heterocycles. The van der Waals surface area contributed by atoms with E-state index in [0.29, 0.717) is 10.6 Å². The fourth-order valence-electron chi connectivity index (χ4n) is 4.19. The second kappa shape index (κ2) is 13.5. The highest BCUT2D eigenvalue weighted by atomic mass is 35.5. The van der Waals surface area contributed by atoms with Crippen molar-refractivity contribution in [1.29, 1.82) is 0 Å². The van der Waals surface area contributed by atoms with Crippen molar-refractivity contribution in [3.63, 3.8) is 0 Å². The maximum absolute atomic E-state index is 14.1. The third-order valence-electron chi connectivity index (χ3n) is 6.26. The van der Waals surface area contributed by atoms with Gasteiger partial charge in [-0.15, -0.1) is 0 Å². The van der Waals surface area contributed by atoms with E-state index in [9.17, 15) is 18.0 Å². The Labute approximate surface area is 257 Å². The fraction of sp³-hybridized carbons (Fsp3) is 0.333. The number of rotatable bonds is 10. The van der Waals surface area contributed by atoms with Crippen molar-refractivity contribution in [2.24, 2.45) is 0 Å². The lowest BCUT2D eigenvalue weighted by atomic mass is 10.1. The lowest BCUT2D eigenvalue weighted by Gasteiger charge is -2.35. The number of nitrogens with one attached hydrogen (secondary N) is 1. The SMILES string of the molecule is CCC(C(=O)NC(C)(C)C)N(Cc1ccccc1Cl)C(=O)CN(c1ccc(Cl)c(Cl)c1)S(=O)(=O)c1ccc(C)cc1. The van der Waals surface area contributed by atoms with Crippen LogP contribution in [0.2, 0.25) is 15.1 Å². The summed E-state index contributed by atoms with van der Waals surface area (Å²) in [4.78, 5) is 28.9. The molecule has 11 heteroatoms. The predicted molar refractivity (Wildman–Crippen MR) is 166 cm³/mol. The highest BCUT2D eigenvalue weighted by molar-refractivity contribution is 7.92. The molecule has 0 aliphatic rings. The van der Waals surface area contributed by atoms with Crippen LogP contribution in [0.4, 0.5) is 5.69 Å². The minimum absolute atomic E-state index is 0.00264. The zero-order chi connectivity index (χ0) is 30.5. The van der Waals surface area contributed by atoms with Crippen molar-refractivity contribution in [2.75, 3.05) is 10.8 Å². The van der Waals surface area contributed by atoms with Gasteiger partial charge in [-0.1, -0.05) is 77.6 Å². The van der Waals surface area contributed by atoms with Gasteiger partial charge in [0.05, 0.1) is 20.6 Å². The summed E-state index contributed by atoms with van der Waals surface area (Å²) < 4.78 is 28.9. The first-order valence-electron chi connectivity index (χ1n) is 13.0. The van der Waals surface area contributed by atoms with Crippen molar-refractivity contribution in [2.45, 2.75) is 64.1 Å². The van der Waals surface area contributed by atoms with E-state index < -0.39 is 34.1 Å². The van der Waals surface area contributed by atoms with Gasteiger partial charge in [-0.25, -0.2) is 8.42 Å². The Morgan fingerprint density at radius 2 is 1.54 bits per heavy atom.